The van der Waals surface area contributed by atoms with Crippen LogP contribution in [0.25, 0.3) is 0 Å². The fourth-order valence-corrected chi connectivity index (χ4v) is 3.81. The molecule has 2 aliphatic rings. The smallest absolute Gasteiger partial charge is 0.326 e. The number of nitrogens with zero attached hydrogens (tertiary/aromatic N) is 1. The van der Waals surface area contributed by atoms with Crippen LogP contribution in [0.15, 0.2) is 0 Å². The molecule has 2 fully saturated rings. The summed E-state index contributed by atoms with van der Waals surface area (Å²) >= 11 is 0. The van der Waals surface area contributed by atoms with Gasteiger partial charge in [-0.25, -0.2) is 0 Å². The first-order valence-electron chi connectivity index (χ1n) is 8.26. The second-order valence-corrected chi connectivity index (χ2v) is 6.32. The van der Waals surface area contributed by atoms with E-state index in [0.717, 1.165) is 31.8 Å². The number of likely N-dealkylation sites (N-methyl/N-ethyl adjacent to an activating group) is 1. The molecule has 0 aromatic heterocycles. The van der Waals surface area contributed by atoms with Crippen LogP contribution in [0.5, 0.6) is 0 Å². The monoisotopic (exact) mass is 282 g/mol. The summed E-state index contributed by atoms with van der Waals surface area (Å²) in [5.41, 5.74) is -0.451. The molecule has 2 rings (SSSR count). The first-order valence-corrected chi connectivity index (χ1v) is 8.26. The number of carbonyl (C=O) groups excluding carboxylic acids is 1. The molecule has 0 spiro atoms. The molecule has 0 heterocycles. The van der Waals surface area contributed by atoms with Gasteiger partial charge in [0, 0.05) is 12.1 Å². The first-order chi connectivity index (χ1) is 9.66. The fourth-order valence-electron chi connectivity index (χ4n) is 3.81. The lowest BCUT2D eigenvalue weighted by atomic mass is 9.78. The lowest BCUT2D eigenvalue weighted by molar-refractivity contribution is -0.151. The Balaban J connectivity index is 2.09. The highest BCUT2D eigenvalue weighted by Crippen LogP contribution is 2.37. The standard InChI is InChI=1S/C16H30N2O2/c1-4-11-18(13-8-9-13)14-7-6-10-16(12-14,17-5-2)15(19)20-3/h13-14,17H,4-12H2,1-3H3. The molecule has 4 nitrogen and oxygen atoms in total. The highest BCUT2D eigenvalue weighted by Gasteiger charge is 2.46. The quantitative estimate of drug-likeness (QED) is 0.728. The molecule has 20 heavy (non-hydrogen) atoms. The Morgan fingerprint density at radius 3 is 2.60 bits per heavy atom. The molecule has 0 radical (unpaired) electrons. The van der Waals surface area contributed by atoms with Crippen LogP contribution in [0, 0.1) is 0 Å². The molecule has 0 aromatic rings. The van der Waals surface area contributed by atoms with Gasteiger partial charge in [-0.2, -0.15) is 0 Å². The maximum absolute atomic E-state index is 12.3. The third kappa shape index (κ3) is 3.34. The van der Waals surface area contributed by atoms with E-state index in [4.69, 9.17) is 4.74 Å². The maximum atomic E-state index is 12.3. The number of hydrogen-bond acceptors (Lipinski definition) is 4. The summed E-state index contributed by atoms with van der Waals surface area (Å²) in [4.78, 5) is 14.9. The number of rotatable bonds is 7. The average molecular weight is 282 g/mol. The van der Waals surface area contributed by atoms with Crippen molar-refractivity contribution in [3.8, 4) is 0 Å². The summed E-state index contributed by atoms with van der Waals surface area (Å²) in [6.45, 7) is 6.30. The van der Waals surface area contributed by atoms with Crippen molar-refractivity contribution in [2.24, 2.45) is 0 Å². The van der Waals surface area contributed by atoms with Crippen LogP contribution < -0.4 is 5.32 Å². The molecular formula is C16H30N2O2. The van der Waals surface area contributed by atoms with E-state index >= 15 is 0 Å². The van der Waals surface area contributed by atoms with E-state index in [9.17, 15) is 4.79 Å². The van der Waals surface area contributed by atoms with Gasteiger partial charge in [0.2, 0.25) is 0 Å². The largest absolute Gasteiger partial charge is 0.468 e. The molecule has 0 aromatic carbocycles. The molecule has 0 aliphatic heterocycles. The molecule has 0 bridgehead atoms. The first kappa shape index (κ1) is 15.8. The normalized spacial score (nSPS) is 30.5. The maximum Gasteiger partial charge on any atom is 0.326 e. The number of ether oxygens (including phenoxy) is 1. The Bertz CT molecular complexity index is 326. The zero-order valence-electron chi connectivity index (χ0n) is 13.3. The SMILES string of the molecule is CCCN(C1CC1)C1CCCC(NCC)(C(=O)OC)C1. The van der Waals surface area contributed by atoms with Crippen LogP contribution in [0.1, 0.15) is 58.8 Å². The average Bonchev–Trinajstić information content (AvgIpc) is 3.29. The number of methoxy groups -OCH3 is 1. The van der Waals surface area contributed by atoms with E-state index in [-0.39, 0.29) is 5.97 Å². The topological polar surface area (TPSA) is 41.6 Å². The van der Waals surface area contributed by atoms with E-state index in [2.05, 4.69) is 24.1 Å². The van der Waals surface area contributed by atoms with Crippen LogP contribution in [0.4, 0.5) is 0 Å². The van der Waals surface area contributed by atoms with Gasteiger partial charge < -0.3 is 10.1 Å². The lowest BCUT2D eigenvalue weighted by Gasteiger charge is -2.43. The van der Waals surface area contributed by atoms with Crippen LogP contribution >= 0.6 is 0 Å². The molecular weight excluding hydrogens is 252 g/mol. The van der Waals surface area contributed by atoms with Gasteiger partial charge in [0.1, 0.15) is 5.54 Å². The lowest BCUT2D eigenvalue weighted by Crippen LogP contribution is -2.59. The van der Waals surface area contributed by atoms with Crippen molar-refractivity contribution in [2.75, 3.05) is 20.2 Å². The van der Waals surface area contributed by atoms with Crippen molar-refractivity contribution in [2.45, 2.75) is 76.4 Å². The van der Waals surface area contributed by atoms with Crippen molar-refractivity contribution < 1.29 is 9.53 Å². The minimum absolute atomic E-state index is 0.0729. The van der Waals surface area contributed by atoms with E-state index in [0.29, 0.717) is 6.04 Å². The van der Waals surface area contributed by atoms with Crippen molar-refractivity contribution in [1.82, 2.24) is 10.2 Å². The van der Waals surface area contributed by atoms with Crippen LogP contribution in [0.2, 0.25) is 0 Å². The van der Waals surface area contributed by atoms with E-state index in [1.807, 2.05) is 0 Å². The van der Waals surface area contributed by atoms with E-state index in [1.54, 1.807) is 0 Å². The molecule has 2 saturated carbocycles. The van der Waals surface area contributed by atoms with Crippen molar-refractivity contribution in [3.63, 3.8) is 0 Å². The summed E-state index contributed by atoms with van der Waals surface area (Å²) in [5.74, 6) is -0.0729. The number of esters is 1. The van der Waals surface area contributed by atoms with E-state index < -0.39 is 5.54 Å². The summed E-state index contributed by atoms with van der Waals surface area (Å²) in [7, 11) is 1.51. The Morgan fingerprint density at radius 2 is 2.05 bits per heavy atom. The molecule has 0 saturated heterocycles. The zero-order valence-corrected chi connectivity index (χ0v) is 13.3. The number of hydrogen-bond donors (Lipinski definition) is 1. The summed E-state index contributed by atoms with van der Waals surface area (Å²) in [6.07, 6.45) is 8.02. The highest BCUT2D eigenvalue weighted by atomic mass is 16.5. The fraction of sp³-hybridized carbons (Fsp3) is 0.938. The predicted octanol–water partition coefficient (Wildman–Crippen LogP) is 2.32. The number of nitrogens with one attached hydrogen (secondary N) is 1. The Morgan fingerprint density at radius 1 is 1.30 bits per heavy atom. The van der Waals surface area contributed by atoms with Crippen LogP contribution in [0.3, 0.4) is 0 Å². The van der Waals surface area contributed by atoms with Gasteiger partial charge in [-0.1, -0.05) is 13.8 Å². The van der Waals surface area contributed by atoms with Gasteiger partial charge >= 0.3 is 5.97 Å². The van der Waals surface area contributed by atoms with Gasteiger partial charge in [-0.3, -0.25) is 9.69 Å². The van der Waals surface area contributed by atoms with Crippen molar-refractivity contribution >= 4 is 5.97 Å². The summed E-state index contributed by atoms with van der Waals surface area (Å²) in [6, 6.07) is 1.31. The van der Waals surface area contributed by atoms with Crippen LogP contribution in [-0.4, -0.2) is 48.7 Å². The summed E-state index contributed by atoms with van der Waals surface area (Å²) < 4.78 is 5.09. The van der Waals surface area contributed by atoms with Crippen molar-refractivity contribution in [3.05, 3.63) is 0 Å². The molecule has 1 N–H and O–H groups in total. The van der Waals surface area contributed by atoms with E-state index in [1.165, 1.54) is 39.3 Å². The van der Waals surface area contributed by atoms with Crippen molar-refractivity contribution in [1.29, 1.82) is 0 Å². The minimum Gasteiger partial charge on any atom is -0.468 e. The second-order valence-electron chi connectivity index (χ2n) is 6.32. The van der Waals surface area contributed by atoms with Gasteiger partial charge in [-0.05, 0) is 58.0 Å². The third-order valence-electron chi connectivity index (χ3n) is 4.78. The van der Waals surface area contributed by atoms with Gasteiger partial charge in [-0.15, -0.1) is 0 Å². The Labute approximate surface area is 123 Å². The molecule has 2 atom stereocenters. The molecule has 4 heteroatoms. The number of carbonyl (C=O) groups is 1. The van der Waals surface area contributed by atoms with Gasteiger partial charge in [0.15, 0.2) is 0 Å². The minimum atomic E-state index is -0.451. The molecule has 2 unspecified atom stereocenters. The third-order valence-corrected chi connectivity index (χ3v) is 4.78. The highest BCUT2D eigenvalue weighted by molar-refractivity contribution is 5.81. The van der Waals surface area contributed by atoms with Gasteiger partial charge in [0.05, 0.1) is 7.11 Å². The molecule has 2 aliphatic carbocycles. The zero-order chi connectivity index (χ0) is 14.6. The Kier molecular flexibility index (Phi) is 5.44. The second kappa shape index (κ2) is 6.90. The van der Waals surface area contributed by atoms with Gasteiger partial charge in [0.25, 0.3) is 0 Å². The Hall–Kier alpha value is -0.610. The summed E-state index contributed by atoms with van der Waals surface area (Å²) in [5, 5.41) is 3.43. The van der Waals surface area contributed by atoms with Crippen LogP contribution in [-0.2, 0) is 9.53 Å². The molecule has 0 amide bonds. The predicted molar refractivity (Wildman–Crippen MR) is 80.7 cm³/mol. The molecule has 116 valence electrons.